The molecule has 7 heteroatoms. The Kier molecular flexibility index (Phi) is 5.32. The van der Waals surface area contributed by atoms with Gasteiger partial charge in [0.1, 0.15) is 0 Å². The normalized spacial score (nSPS) is 19.5. The largest absolute Gasteiger partial charge is 0.493 e. The zero-order chi connectivity index (χ0) is 23.1. The van der Waals surface area contributed by atoms with E-state index in [2.05, 4.69) is 22.6 Å². The first-order valence-electron chi connectivity index (χ1n) is 10.9. The highest BCUT2D eigenvalue weighted by molar-refractivity contribution is 6.01. The molecule has 33 heavy (non-hydrogen) atoms. The van der Waals surface area contributed by atoms with E-state index in [1.54, 1.807) is 21.3 Å². The van der Waals surface area contributed by atoms with Gasteiger partial charge >= 0.3 is 0 Å². The number of anilines is 1. The van der Waals surface area contributed by atoms with E-state index < -0.39 is 0 Å². The summed E-state index contributed by atoms with van der Waals surface area (Å²) in [6, 6.07) is 14.0. The summed E-state index contributed by atoms with van der Waals surface area (Å²) in [6.45, 7) is 1.89. The summed E-state index contributed by atoms with van der Waals surface area (Å²) >= 11 is 0. The van der Waals surface area contributed by atoms with Crippen molar-refractivity contribution in [3.8, 4) is 17.2 Å². The van der Waals surface area contributed by atoms with Crippen molar-refractivity contribution in [1.29, 1.82) is 0 Å². The number of carbonyl (C=O) groups is 1. The number of allylic oxidation sites excluding steroid dienone is 2. The summed E-state index contributed by atoms with van der Waals surface area (Å²) in [5.41, 5.74) is 5.23. The van der Waals surface area contributed by atoms with Gasteiger partial charge in [-0.3, -0.25) is 4.79 Å². The Labute approximate surface area is 192 Å². The fourth-order valence-corrected chi connectivity index (χ4v) is 5.03. The van der Waals surface area contributed by atoms with Crippen molar-refractivity contribution in [3.05, 3.63) is 76.1 Å². The standard InChI is InChI=1S/C26H26N2O5/c1-14-22-23(17-12-20(30-2)25(32-4)21(13-17)31-3)24-18(27-26(22)33-28-14)10-16(11-19(24)29)15-8-6-5-7-9-15/h5-9,12-13,16,23,27H,10-11H2,1-4H3/t16-,23+/m1/s1. The highest BCUT2D eigenvalue weighted by Gasteiger charge is 2.41. The lowest BCUT2D eigenvalue weighted by atomic mass is 9.72. The second-order valence-corrected chi connectivity index (χ2v) is 8.36. The highest BCUT2D eigenvalue weighted by atomic mass is 16.5. The molecular formula is C26H26N2O5. The first-order chi connectivity index (χ1) is 16.0. The quantitative estimate of drug-likeness (QED) is 0.593. The summed E-state index contributed by atoms with van der Waals surface area (Å²) < 4.78 is 22.3. The molecule has 2 aromatic carbocycles. The number of aromatic nitrogens is 1. The van der Waals surface area contributed by atoms with Crippen molar-refractivity contribution in [2.45, 2.75) is 31.6 Å². The molecule has 0 saturated carbocycles. The van der Waals surface area contributed by atoms with Gasteiger partial charge in [0.15, 0.2) is 17.3 Å². The zero-order valence-corrected chi connectivity index (χ0v) is 19.1. The number of methoxy groups -OCH3 is 3. The van der Waals surface area contributed by atoms with Gasteiger partial charge in [0, 0.05) is 23.6 Å². The van der Waals surface area contributed by atoms with Crippen LogP contribution in [0.2, 0.25) is 0 Å². The monoisotopic (exact) mass is 446 g/mol. The molecule has 0 radical (unpaired) electrons. The minimum atomic E-state index is -0.347. The molecular weight excluding hydrogens is 420 g/mol. The van der Waals surface area contributed by atoms with Gasteiger partial charge < -0.3 is 24.1 Å². The third-order valence-electron chi connectivity index (χ3n) is 6.55. The molecule has 1 aliphatic heterocycles. The predicted octanol–water partition coefficient (Wildman–Crippen LogP) is 4.97. The number of rotatable bonds is 5. The van der Waals surface area contributed by atoms with Gasteiger partial charge in [-0.25, -0.2) is 0 Å². The molecule has 0 amide bonds. The number of ketones is 1. The zero-order valence-electron chi connectivity index (χ0n) is 19.1. The van der Waals surface area contributed by atoms with Crippen LogP contribution >= 0.6 is 0 Å². The van der Waals surface area contributed by atoms with E-state index in [4.69, 9.17) is 18.7 Å². The topological polar surface area (TPSA) is 82.8 Å². The summed E-state index contributed by atoms with van der Waals surface area (Å²) in [5.74, 6) is 2.03. The van der Waals surface area contributed by atoms with Crippen LogP contribution in [0.15, 0.2) is 58.3 Å². The van der Waals surface area contributed by atoms with Crippen LogP contribution in [0.5, 0.6) is 17.2 Å². The fourth-order valence-electron chi connectivity index (χ4n) is 5.03. The highest BCUT2D eigenvalue weighted by Crippen LogP contribution is 2.51. The molecule has 0 spiro atoms. The van der Waals surface area contributed by atoms with Gasteiger partial charge in [-0.2, -0.15) is 0 Å². The maximum absolute atomic E-state index is 13.6. The molecule has 5 rings (SSSR count). The van der Waals surface area contributed by atoms with Crippen LogP contribution in [0.1, 0.15) is 47.1 Å². The van der Waals surface area contributed by atoms with Crippen molar-refractivity contribution in [2.24, 2.45) is 0 Å². The summed E-state index contributed by atoms with van der Waals surface area (Å²) in [7, 11) is 4.74. The van der Waals surface area contributed by atoms with Crippen LogP contribution in [0, 0.1) is 6.92 Å². The Morgan fingerprint density at radius 1 is 0.970 bits per heavy atom. The number of nitrogens with zero attached hydrogens (tertiary/aromatic N) is 1. The summed E-state index contributed by atoms with van der Waals surface area (Å²) in [6.07, 6.45) is 1.16. The van der Waals surface area contributed by atoms with Crippen LogP contribution in [-0.4, -0.2) is 32.3 Å². The number of hydrogen-bond donors (Lipinski definition) is 1. The van der Waals surface area contributed by atoms with E-state index in [9.17, 15) is 4.79 Å². The van der Waals surface area contributed by atoms with Gasteiger partial charge in [0.05, 0.1) is 32.6 Å². The molecule has 0 bridgehead atoms. The summed E-state index contributed by atoms with van der Waals surface area (Å²) in [5, 5.41) is 7.56. The van der Waals surface area contributed by atoms with Crippen molar-refractivity contribution < 1.29 is 23.5 Å². The molecule has 170 valence electrons. The number of ether oxygens (including phenoxy) is 3. The van der Waals surface area contributed by atoms with Crippen LogP contribution in [0.4, 0.5) is 5.88 Å². The van der Waals surface area contributed by atoms with Gasteiger partial charge in [0.2, 0.25) is 11.6 Å². The van der Waals surface area contributed by atoms with Gasteiger partial charge in [0.25, 0.3) is 0 Å². The molecule has 1 aromatic heterocycles. The minimum Gasteiger partial charge on any atom is -0.493 e. The Hall–Kier alpha value is -3.74. The molecule has 7 nitrogen and oxygen atoms in total. The van der Waals surface area contributed by atoms with E-state index in [-0.39, 0.29) is 17.6 Å². The lowest BCUT2D eigenvalue weighted by molar-refractivity contribution is -0.116. The Bertz CT molecular complexity index is 1220. The Balaban J connectivity index is 1.67. The third kappa shape index (κ3) is 3.44. The van der Waals surface area contributed by atoms with Crippen molar-refractivity contribution in [1.82, 2.24) is 5.16 Å². The van der Waals surface area contributed by atoms with Crippen LogP contribution < -0.4 is 19.5 Å². The van der Waals surface area contributed by atoms with Gasteiger partial charge in [-0.05, 0) is 42.5 Å². The number of Topliss-reactive ketones (excluding diaryl/α,β-unsaturated/α-hetero) is 1. The second-order valence-electron chi connectivity index (χ2n) is 8.36. The lowest BCUT2D eigenvalue weighted by Gasteiger charge is -2.34. The molecule has 0 fully saturated rings. The van der Waals surface area contributed by atoms with Crippen molar-refractivity contribution in [2.75, 3.05) is 26.6 Å². The maximum Gasteiger partial charge on any atom is 0.233 e. The lowest BCUT2D eigenvalue weighted by Crippen LogP contribution is -2.29. The molecule has 1 N–H and O–H groups in total. The van der Waals surface area contributed by atoms with E-state index in [0.717, 1.165) is 33.7 Å². The molecule has 2 atom stereocenters. The number of nitrogens with one attached hydrogen (secondary N) is 1. The van der Waals surface area contributed by atoms with Crippen LogP contribution in [0.25, 0.3) is 0 Å². The first-order valence-corrected chi connectivity index (χ1v) is 10.9. The maximum atomic E-state index is 13.6. The smallest absolute Gasteiger partial charge is 0.233 e. The average molecular weight is 447 g/mol. The Morgan fingerprint density at radius 3 is 2.30 bits per heavy atom. The average Bonchev–Trinajstić information content (AvgIpc) is 3.22. The number of fused-ring (bicyclic) bond motifs is 1. The number of benzene rings is 2. The first kappa shape index (κ1) is 21.1. The molecule has 3 aromatic rings. The van der Waals surface area contributed by atoms with E-state index >= 15 is 0 Å². The van der Waals surface area contributed by atoms with Crippen molar-refractivity contribution >= 4 is 11.7 Å². The molecule has 2 heterocycles. The molecule has 0 unspecified atom stereocenters. The van der Waals surface area contributed by atoms with Crippen LogP contribution in [-0.2, 0) is 4.79 Å². The van der Waals surface area contributed by atoms with Crippen LogP contribution in [0.3, 0.4) is 0 Å². The van der Waals surface area contributed by atoms with Crippen molar-refractivity contribution in [3.63, 3.8) is 0 Å². The molecule has 1 aliphatic carbocycles. The summed E-state index contributed by atoms with van der Waals surface area (Å²) in [4.78, 5) is 13.6. The predicted molar refractivity (Wildman–Crippen MR) is 123 cm³/mol. The number of carbonyl (C=O) groups excluding carboxylic acids is 1. The minimum absolute atomic E-state index is 0.108. The fraction of sp³-hybridized carbons (Fsp3) is 0.308. The molecule has 2 aliphatic rings. The van der Waals surface area contributed by atoms with E-state index in [1.165, 1.54) is 0 Å². The third-order valence-corrected chi connectivity index (χ3v) is 6.55. The van der Waals surface area contributed by atoms with Gasteiger partial charge in [-0.15, -0.1) is 0 Å². The van der Waals surface area contributed by atoms with E-state index in [0.29, 0.717) is 36.0 Å². The van der Waals surface area contributed by atoms with Gasteiger partial charge in [-0.1, -0.05) is 35.5 Å². The number of hydrogen-bond acceptors (Lipinski definition) is 7. The SMILES string of the molecule is COc1cc([C@@H]2C3=C(C[C@@H](c4ccccc4)CC3=O)Nc3onc(C)c32)cc(OC)c1OC. The number of aryl methyl sites for hydroxylation is 1. The molecule has 0 saturated heterocycles. The Morgan fingerprint density at radius 2 is 1.67 bits per heavy atom. The second kappa shape index (κ2) is 8.31. The van der Waals surface area contributed by atoms with E-state index in [1.807, 2.05) is 37.3 Å².